The molecule has 1 amide bonds. The maximum absolute atomic E-state index is 12.4. The molecule has 2 saturated heterocycles. The quantitative estimate of drug-likeness (QED) is 0.267. The third kappa shape index (κ3) is 5.46. The van der Waals surface area contributed by atoms with Crippen LogP contribution in [-0.2, 0) is 9.53 Å². The summed E-state index contributed by atoms with van der Waals surface area (Å²) in [7, 11) is 0. The summed E-state index contributed by atoms with van der Waals surface area (Å²) < 4.78 is 11.8. The zero-order valence-electron chi connectivity index (χ0n) is 17.1. The number of thioether (sulfide) groups is 1. The Morgan fingerprint density at radius 1 is 1.19 bits per heavy atom. The number of morpholine rings is 1. The van der Waals surface area contributed by atoms with E-state index in [4.69, 9.17) is 50.7 Å². The first kappa shape index (κ1) is 23.5. The highest BCUT2D eigenvalue weighted by molar-refractivity contribution is 8.26. The van der Waals surface area contributed by atoms with Crippen LogP contribution in [-0.4, -0.2) is 59.6 Å². The largest absolute Gasteiger partial charge is 0.492 e. The Morgan fingerprint density at radius 3 is 2.66 bits per heavy atom. The molecule has 0 aromatic heterocycles. The van der Waals surface area contributed by atoms with E-state index in [-0.39, 0.29) is 5.91 Å². The molecule has 0 bridgehead atoms. The van der Waals surface area contributed by atoms with Crippen LogP contribution in [0.4, 0.5) is 0 Å². The van der Waals surface area contributed by atoms with Crippen molar-refractivity contribution in [1.29, 1.82) is 0 Å². The van der Waals surface area contributed by atoms with Crippen LogP contribution in [0.5, 0.6) is 5.75 Å². The van der Waals surface area contributed by atoms with Crippen LogP contribution in [0.25, 0.3) is 17.2 Å². The maximum Gasteiger partial charge on any atom is 0.280 e. The van der Waals surface area contributed by atoms with E-state index in [1.165, 1.54) is 0 Å². The number of benzene rings is 2. The molecular formula is C22H21Cl2N3O3S2. The van der Waals surface area contributed by atoms with E-state index < -0.39 is 0 Å². The van der Waals surface area contributed by atoms with E-state index in [1.807, 2.05) is 24.3 Å². The van der Waals surface area contributed by atoms with Crippen molar-refractivity contribution in [2.24, 2.45) is 5.84 Å². The fraction of sp³-hybridized carbons (Fsp3) is 0.273. The molecule has 0 saturated carbocycles. The van der Waals surface area contributed by atoms with Gasteiger partial charge in [0.05, 0.1) is 18.1 Å². The molecule has 0 aliphatic carbocycles. The molecule has 2 aromatic carbocycles. The van der Waals surface area contributed by atoms with Crippen molar-refractivity contribution in [3.63, 3.8) is 0 Å². The number of carbonyl (C=O) groups excluding carboxylic acids is 1. The van der Waals surface area contributed by atoms with Crippen LogP contribution in [0.15, 0.2) is 41.3 Å². The van der Waals surface area contributed by atoms with Gasteiger partial charge in [0, 0.05) is 40.8 Å². The van der Waals surface area contributed by atoms with Crippen LogP contribution < -0.4 is 10.6 Å². The third-order valence-corrected chi connectivity index (χ3v) is 7.01. The van der Waals surface area contributed by atoms with Crippen LogP contribution in [0, 0.1) is 0 Å². The number of hydrazine groups is 1. The van der Waals surface area contributed by atoms with E-state index in [1.54, 1.807) is 18.2 Å². The lowest BCUT2D eigenvalue weighted by Crippen LogP contribution is -2.38. The van der Waals surface area contributed by atoms with Crippen molar-refractivity contribution in [1.82, 2.24) is 9.91 Å². The van der Waals surface area contributed by atoms with Gasteiger partial charge in [0.15, 0.2) is 4.32 Å². The number of nitrogens with zero attached hydrogens (tertiary/aromatic N) is 2. The van der Waals surface area contributed by atoms with Gasteiger partial charge in [-0.1, -0.05) is 59.3 Å². The number of carbonyl (C=O) groups is 1. The average Bonchev–Trinajstić information content (AvgIpc) is 3.02. The maximum atomic E-state index is 12.4. The second-order valence-corrected chi connectivity index (χ2v) is 9.75. The zero-order valence-corrected chi connectivity index (χ0v) is 20.2. The van der Waals surface area contributed by atoms with Gasteiger partial charge in [0.1, 0.15) is 12.4 Å². The molecule has 0 radical (unpaired) electrons. The Labute approximate surface area is 206 Å². The molecule has 2 N–H and O–H groups in total. The average molecular weight is 510 g/mol. The van der Waals surface area contributed by atoms with Gasteiger partial charge in [-0.3, -0.25) is 9.69 Å². The van der Waals surface area contributed by atoms with Crippen molar-refractivity contribution >= 4 is 63.5 Å². The SMILES string of the molecule is NN1C(=O)/C(=C/c2cc(-c3ccc(Cl)cc3Cl)ccc2OCCN2CCOCC2)SC1=S. The predicted molar refractivity (Wildman–Crippen MR) is 134 cm³/mol. The van der Waals surface area contributed by atoms with Gasteiger partial charge < -0.3 is 9.47 Å². The van der Waals surface area contributed by atoms with Gasteiger partial charge in [-0.05, 0) is 35.9 Å². The van der Waals surface area contributed by atoms with Crippen molar-refractivity contribution < 1.29 is 14.3 Å². The Bertz CT molecular complexity index is 1070. The van der Waals surface area contributed by atoms with E-state index in [2.05, 4.69) is 4.90 Å². The molecule has 2 aliphatic rings. The highest BCUT2D eigenvalue weighted by Gasteiger charge is 2.30. The number of hydrogen-bond acceptors (Lipinski definition) is 7. The number of thiocarbonyl (C=S) groups is 1. The molecule has 2 fully saturated rings. The molecule has 0 atom stereocenters. The van der Waals surface area contributed by atoms with Gasteiger partial charge in [-0.2, -0.15) is 0 Å². The molecule has 32 heavy (non-hydrogen) atoms. The molecule has 2 aliphatic heterocycles. The zero-order chi connectivity index (χ0) is 22.7. The molecule has 2 heterocycles. The number of hydrogen-bond donors (Lipinski definition) is 1. The first-order valence-electron chi connectivity index (χ1n) is 9.97. The van der Waals surface area contributed by atoms with Gasteiger partial charge in [0.25, 0.3) is 5.91 Å². The lowest BCUT2D eigenvalue weighted by molar-refractivity contribution is -0.122. The molecule has 4 rings (SSSR count). The number of rotatable bonds is 6. The van der Waals surface area contributed by atoms with Crippen molar-refractivity contribution in [2.45, 2.75) is 0 Å². The second-order valence-electron chi connectivity index (χ2n) is 7.23. The number of nitrogens with two attached hydrogens (primary N) is 1. The van der Waals surface area contributed by atoms with Crippen LogP contribution >= 0.6 is 47.2 Å². The van der Waals surface area contributed by atoms with Crippen LogP contribution in [0.2, 0.25) is 10.0 Å². The molecule has 0 unspecified atom stereocenters. The summed E-state index contributed by atoms with van der Waals surface area (Å²) in [5, 5.41) is 2.08. The first-order valence-corrected chi connectivity index (χ1v) is 12.0. The van der Waals surface area contributed by atoms with E-state index >= 15 is 0 Å². The monoisotopic (exact) mass is 509 g/mol. The van der Waals surface area contributed by atoms with Gasteiger partial charge in [-0.15, -0.1) is 0 Å². The van der Waals surface area contributed by atoms with Crippen molar-refractivity contribution in [3.05, 3.63) is 56.9 Å². The van der Waals surface area contributed by atoms with E-state index in [0.29, 0.717) is 31.6 Å². The van der Waals surface area contributed by atoms with E-state index in [9.17, 15) is 4.79 Å². The lowest BCUT2D eigenvalue weighted by Gasteiger charge is -2.26. The van der Waals surface area contributed by atoms with Gasteiger partial charge >= 0.3 is 0 Å². The Morgan fingerprint density at radius 2 is 1.97 bits per heavy atom. The molecular weight excluding hydrogens is 489 g/mol. The Balaban J connectivity index is 1.62. The Kier molecular flexibility index (Phi) is 7.73. The minimum absolute atomic E-state index is 0.313. The second kappa shape index (κ2) is 10.5. The number of amides is 1. The van der Waals surface area contributed by atoms with Gasteiger partial charge in [0.2, 0.25) is 0 Å². The normalized spacial score (nSPS) is 18.6. The van der Waals surface area contributed by atoms with Crippen LogP contribution in [0.3, 0.4) is 0 Å². The fourth-order valence-electron chi connectivity index (χ4n) is 3.41. The standard InChI is InChI=1S/C22H21Cl2N3O3S2/c23-16-2-3-17(18(24)13-16)14-1-4-19(30-10-7-26-5-8-29-9-6-26)15(11-14)12-20-21(28)27(25)22(31)32-20/h1-4,11-13H,5-10,25H2/b20-12-. The summed E-state index contributed by atoms with van der Waals surface area (Å²) >= 11 is 18.8. The summed E-state index contributed by atoms with van der Waals surface area (Å²) in [6.07, 6.45) is 1.75. The summed E-state index contributed by atoms with van der Waals surface area (Å²) in [6.45, 7) is 4.57. The fourth-order valence-corrected chi connectivity index (χ4v) is 5.03. The smallest absolute Gasteiger partial charge is 0.280 e. The lowest BCUT2D eigenvalue weighted by atomic mass is 10.0. The molecule has 10 heteroatoms. The van der Waals surface area contributed by atoms with E-state index in [0.717, 1.165) is 66.3 Å². The summed E-state index contributed by atoms with van der Waals surface area (Å²) in [4.78, 5) is 15.2. The van der Waals surface area contributed by atoms with Gasteiger partial charge in [-0.25, -0.2) is 10.9 Å². The van der Waals surface area contributed by atoms with Crippen LogP contribution in [0.1, 0.15) is 5.56 Å². The topological polar surface area (TPSA) is 68.0 Å². The Hall–Kier alpha value is -1.65. The molecule has 2 aromatic rings. The molecule has 0 spiro atoms. The highest BCUT2D eigenvalue weighted by atomic mass is 35.5. The minimum atomic E-state index is -0.339. The highest BCUT2D eigenvalue weighted by Crippen LogP contribution is 2.36. The number of ether oxygens (including phenoxy) is 2. The van der Waals surface area contributed by atoms with Crippen molar-refractivity contribution in [2.75, 3.05) is 39.5 Å². The summed E-state index contributed by atoms with van der Waals surface area (Å²) in [6, 6.07) is 11.1. The first-order chi connectivity index (χ1) is 15.4. The summed E-state index contributed by atoms with van der Waals surface area (Å²) in [5.41, 5.74) is 2.45. The summed E-state index contributed by atoms with van der Waals surface area (Å²) in [5.74, 6) is 6.05. The molecule has 6 nitrogen and oxygen atoms in total. The predicted octanol–water partition coefficient (Wildman–Crippen LogP) is 4.45. The minimum Gasteiger partial charge on any atom is -0.492 e. The third-order valence-electron chi connectivity index (χ3n) is 5.13. The molecule has 168 valence electrons. The van der Waals surface area contributed by atoms with Crippen molar-refractivity contribution in [3.8, 4) is 16.9 Å². The number of halogens is 2.